The highest BCUT2D eigenvalue weighted by Crippen LogP contribution is 2.32. The molecule has 0 aliphatic carbocycles. The molecule has 2 heterocycles. The Balaban J connectivity index is 0.000000456. The summed E-state index contributed by atoms with van der Waals surface area (Å²) in [6.45, 7) is 10.5. The number of amides is 1. The number of thiophene rings is 1. The Morgan fingerprint density at radius 1 is 1.20 bits per heavy atom. The zero-order valence-corrected chi connectivity index (χ0v) is 19.2. The monoisotopic (exact) mass is 443 g/mol. The van der Waals surface area contributed by atoms with Crippen LogP contribution in [0.5, 0.6) is 0 Å². The largest absolute Gasteiger partial charge is 0.345 e. The van der Waals surface area contributed by atoms with Crippen molar-refractivity contribution in [1.29, 1.82) is 0 Å². The van der Waals surface area contributed by atoms with E-state index in [-0.39, 0.29) is 5.91 Å². The van der Waals surface area contributed by atoms with Gasteiger partial charge in [-0.05, 0) is 62.1 Å². The molecule has 0 unspecified atom stereocenters. The molecule has 1 aliphatic rings. The van der Waals surface area contributed by atoms with E-state index in [1.165, 1.54) is 31.3 Å². The van der Waals surface area contributed by atoms with Gasteiger partial charge in [-0.1, -0.05) is 12.1 Å². The van der Waals surface area contributed by atoms with Gasteiger partial charge in [-0.15, -0.1) is 23.1 Å². The topological polar surface area (TPSA) is 69.1 Å². The summed E-state index contributed by atoms with van der Waals surface area (Å²) < 4.78 is 0. The van der Waals surface area contributed by atoms with E-state index >= 15 is 0 Å². The summed E-state index contributed by atoms with van der Waals surface area (Å²) in [5.41, 5.74) is 3.60. The number of carbonyl (C=O) groups is 1. The van der Waals surface area contributed by atoms with Gasteiger partial charge >= 0.3 is 0 Å². The minimum Gasteiger partial charge on any atom is -0.345 e. The molecule has 3 rings (SSSR count). The van der Waals surface area contributed by atoms with Crippen molar-refractivity contribution in [3.8, 4) is 10.4 Å². The molecule has 0 bridgehead atoms. The van der Waals surface area contributed by atoms with Crippen LogP contribution >= 0.6 is 23.1 Å². The molecule has 0 radical (unpaired) electrons. The maximum absolute atomic E-state index is 11.9. The Bertz CT molecular complexity index is 843. The average Bonchev–Trinajstić information content (AvgIpc) is 3.28. The predicted octanol–water partition coefficient (Wildman–Crippen LogP) is 4.03. The fraction of sp³-hybridized carbons (Fsp3) is 0.318. The van der Waals surface area contributed by atoms with Gasteiger partial charge in [-0.3, -0.25) is 14.8 Å². The molecule has 160 valence electrons. The van der Waals surface area contributed by atoms with E-state index < -0.39 is 0 Å². The van der Waals surface area contributed by atoms with Gasteiger partial charge in [0, 0.05) is 42.1 Å². The second kappa shape index (κ2) is 13.1. The molecule has 30 heavy (non-hydrogen) atoms. The third kappa shape index (κ3) is 7.53. The minimum atomic E-state index is 0.00217. The van der Waals surface area contributed by atoms with Gasteiger partial charge in [-0.25, -0.2) is 0 Å². The third-order valence-electron chi connectivity index (χ3n) is 4.21. The van der Waals surface area contributed by atoms with E-state index in [1.54, 1.807) is 30.3 Å². The van der Waals surface area contributed by atoms with Crippen LogP contribution in [-0.4, -0.2) is 64.0 Å². The summed E-state index contributed by atoms with van der Waals surface area (Å²) in [5, 5.41) is 10.3. The van der Waals surface area contributed by atoms with Crippen molar-refractivity contribution < 1.29 is 4.79 Å². The molecule has 1 aromatic heterocycles. The van der Waals surface area contributed by atoms with Crippen LogP contribution in [0.4, 0.5) is 0 Å². The highest BCUT2D eigenvalue weighted by molar-refractivity contribution is 8.02. The number of benzene rings is 1. The number of rotatable bonds is 7. The third-order valence-corrected chi connectivity index (χ3v) is 5.91. The zero-order valence-electron chi connectivity index (χ0n) is 17.6. The van der Waals surface area contributed by atoms with Crippen LogP contribution < -0.4 is 10.6 Å². The molecule has 0 spiro atoms. The number of aliphatic imine (C=N–C) groups is 2. The highest BCUT2D eigenvalue weighted by atomic mass is 32.2. The minimum absolute atomic E-state index is 0.00217. The maximum atomic E-state index is 11.9. The molecule has 1 amide bonds. The smallest absolute Gasteiger partial charge is 0.253 e. The van der Waals surface area contributed by atoms with Crippen LogP contribution in [0.2, 0.25) is 0 Å². The molecule has 6 nitrogen and oxygen atoms in total. The average molecular weight is 444 g/mol. The lowest BCUT2D eigenvalue weighted by Gasteiger charge is -2.11. The van der Waals surface area contributed by atoms with Crippen molar-refractivity contribution in [1.82, 2.24) is 15.5 Å². The lowest BCUT2D eigenvalue weighted by molar-refractivity contribution is 0.0827. The zero-order chi connectivity index (χ0) is 21.8. The molecular formula is C22H29N5OS2. The summed E-state index contributed by atoms with van der Waals surface area (Å²) in [6, 6.07) is 9.72. The van der Waals surface area contributed by atoms with Crippen molar-refractivity contribution in [3.63, 3.8) is 0 Å². The van der Waals surface area contributed by atoms with Gasteiger partial charge in [-0.2, -0.15) is 0 Å². The first-order valence-corrected chi connectivity index (χ1v) is 11.5. The van der Waals surface area contributed by atoms with Gasteiger partial charge in [0.15, 0.2) is 0 Å². The first kappa shape index (κ1) is 24.0. The van der Waals surface area contributed by atoms with Crippen LogP contribution in [0, 0.1) is 0 Å². The van der Waals surface area contributed by atoms with E-state index in [4.69, 9.17) is 0 Å². The Morgan fingerprint density at radius 2 is 1.90 bits per heavy atom. The van der Waals surface area contributed by atoms with Gasteiger partial charge in [0.25, 0.3) is 5.91 Å². The van der Waals surface area contributed by atoms with Crippen LogP contribution in [0.1, 0.15) is 22.3 Å². The second-order valence-electron chi connectivity index (χ2n) is 6.69. The number of thioether (sulfide) groups is 1. The number of carbonyl (C=O) groups excluding carboxylic acids is 1. The molecule has 2 aromatic rings. The molecular weight excluding hydrogens is 414 g/mol. The van der Waals surface area contributed by atoms with E-state index in [1.807, 2.05) is 29.7 Å². The van der Waals surface area contributed by atoms with Crippen LogP contribution in [0.25, 0.3) is 16.1 Å². The van der Waals surface area contributed by atoms with E-state index in [0.717, 1.165) is 28.4 Å². The lowest BCUT2D eigenvalue weighted by Crippen LogP contribution is -2.37. The molecule has 0 saturated carbocycles. The van der Waals surface area contributed by atoms with Crippen molar-refractivity contribution in [2.24, 2.45) is 9.98 Å². The van der Waals surface area contributed by atoms with Gasteiger partial charge < -0.3 is 15.5 Å². The molecule has 2 N–H and O–H groups in total. The van der Waals surface area contributed by atoms with Crippen LogP contribution in [0.3, 0.4) is 0 Å². The predicted molar refractivity (Wildman–Crippen MR) is 133 cm³/mol. The standard InChI is InChI=1S/C18H19N3OS2.C4H10N2/c1-19-12-23-11-16(20-2)15-9-17(24-10-15)13-5-7-14(8-6-13)18(22)21(3)4;1-2-5-4-6-3-1/h5-11H,1-2,12H2,3-4H3;5-6H,1-4H2/b16-11-;. The van der Waals surface area contributed by atoms with E-state index in [0.29, 0.717) is 11.4 Å². The van der Waals surface area contributed by atoms with Crippen molar-refractivity contribution in [2.45, 2.75) is 6.42 Å². The summed E-state index contributed by atoms with van der Waals surface area (Å²) in [6.07, 6.45) is 1.28. The number of nitrogens with zero attached hydrogens (tertiary/aromatic N) is 3. The summed E-state index contributed by atoms with van der Waals surface area (Å²) >= 11 is 3.17. The normalized spacial score (nSPS) is 13.7. The summed E-state index contributed by atoms with van der Waals surface area (Å²) in [7, 11) is 3.50. The van der Waals surface area contributed by atoms with Crippen molar-refractivity contribution >= 4 is 48.1 Å². The lowest BCUT2D eigenvalue weighted by atomic mass is 10.1. The van der Waals surface area contributed by atoms with Crippen LogP contribution in [-0.2, 0) is 0 Å². The maximum Gasteiger partial charge on any atom is 0.253 e. The SMILES string of the molecule is C1CNCNC1.C=NCS/C=C(\N=C)c1csc(-c2ccc(C(=O)N(C)C)cc2)c1. The molecule has 1 saturated heterocycles. The number of nitrogens with one attached hydrogen (secondary N) is 2. The van der Waals surface area contributed by atoms with Crippen molar-refractivity contribution in [3.05, 3.63) is 52.2 Å². The Morgan fingerprint density at radius 3 is 2.40 bits per heavy atom. The molecule has 1 aliphatic heterocycles. The van der Waals surface area contributed by atoms with Crippen molar-refractivity contribution in [2.75, 3.05) is 39.7 Å². The number of hydrogen-bond acceptors (Lipinski definition) is 7. The Labute approximate surface area is 187 Å². The molecule has 8 heteroatoms. The fourth-order valence-electron chi connectivity index (χ4n) is 2.63. The fourth-order valence-corrected chi connectivity index (χ4v) is 4.08. The first-order valence-electron chi connectivity index (χ1n) is 9.60. The van der Waals surface area contributed by atoms with E-state index in [9.17, 15) is 4.79 Å². The second-order valence-corrected chi connectivity index (χ2v) is 8.43. The van der Waals surface area contributed by atoms with Crippen LogP contribution in [0.15, 0.2) is 51.1 Å². The summed E-state index contributed by atoms with van der Waals surface area (Å²) in [4.78, 5) is 22.5. The first-order chi connectivity index (χ1) is 14.6. The number of hydrogen-bond donors (Lipinski definition) is 2. The van der Waals surface area contributed by atoms with Gasteiger partial charge in [0.05, 0.1) is 11.6 Å². The quantitative estimate of drug-likeness (QED) is 0.501. The van der Waals surface area contributed by atoms with E-state index in [2.05, 4.69) is 45.5 Å². The van der Waals surface area contributed by atoms with Gasteiger partial charge in [0.2, 0.25) is 0 Å². The molecule has 0 atom stereocenters. The van der Waals surface area contributed by atoms with Gasteiger partial charge in [0.1, 0.15) is 0 Å². The summed E-state index contributed by atoms with van der Waals surface area (Å²) in [5.74, 6) is 0.597. The highest BCUT2D eigenvalue weighted by Gasteiger charge is 2.10. The Hall–Kier alpha value is -2.26. The molecule has 1 aromatic carbocycles. The molecule has 1 fully saturated rings. The Kier molecular flexibility index (Phi) is 10.5.